The Kier molecular flexibility index (Phi) is 8.58. The third kappa shape index (κ3) is 5.60. The zero-order valence-electron chi connectivity index (χ0n) is 36.9. The second-order valence-corrected chi connectivity index (χ2v) is 22.9. The molecule has 2 nitrogen and oxygen atoms in total. The van der Waals surface area contributed by atoms with Crippen molar-refractivity contribution in [3.8, 4) is 33.4 Å². The second kappa shape index (κ2) is 14.2. The lowest BCUT2D eigenvalue weighted by atomic mass is 9.68. The van der Waals surface area contributed by atoms with E-state index in [1.807, 2.05) is 6.07 Å². The molecule has 9 aromatic carbocycles. The van der Waals surface area contributed by atoms with E-state index < -0.39 is 15.4 Å². The molecule has 2 aliphatic rings. The summed E-state index contributed by atoms with van der Waals surface area (Å²) in [5.74, 6) is 0. The van der Waals surface area contributed by atoms with Crippen LogP contribution >= 0.6 is 10.0 Å². The summed E-state index contributed by atoms with van der Waals surface area (Å²) in [5.41, 5.74) is 19.7. The lowest BCUT2D eigenvalue weighted by Gasteiger charge is -2.35. The van der Waals surface area contributed by atoms with Gasteiger partial charge in [-0.3, -0.25) is 0 Å². The highest BCUT2D eigenvalue weighted by Crippen LogP contribution is 2.60. The van der Waals surface area contributed by atoms with Crippen LogP contribution in [0.1, 0.15) is 47.2 Å². The van der Waals surface area contributed by atoms with Crippen molar-refractivity contribution in [3.05, 3.63) is 240 Å². The summed E-state index contributed by atoms with van der Waals surface area (Å²) in [5, 5.41) is 2.27. The lowest BCUT2D eigenvalue weighted by molar-refractivity contribution is 0.660. The van der Waals surface area contributed by atoms with Gasteiger partial charge in [0.15, 0.2) is 0 Å². The van der Waals surface area contributed by atoms with E-state index in [1.54, 1.807) is 0 Å². The van der Waals surface area contributed by atoms with Crippen LogP contribution < -0.4 is 4.90 Å². The number of anilines is 3. The van der Waals surface area contributed by atoms with E-state index in [0.29, 0.717) is 0 Å². The summed E-state index contributed by atoms with van der Waals surface area (Å²) in [6.07, 6.45) is 7.13. The molecule has 0 aliphatic heterocycles. The van der Waals surface area contributed by atoms with Gasteiger partial charge in [-0.25, -0.2) is 10.0 Å². The Bertz CT molecular complexity index is 3440. The quantitative estimate of drug-likeness (QED) is 0.159. The van der Waals surface area contributed by atoms with Gasteiger partial charge in [-0.2, -0.15) is 0 Å². The van der Waals surface area contributed by atoms with Gasteiger partial charge >= 0.3 is 0 Å². The Labute approximate surface area is 377 Å². The molecule has 1 heterocycles. The topological polar surface area (TPSA) is 16.4 Å². The SMILES string of the molecule is CC1(C)c2ccccc2-c2ccc(N(c3ccc(-c4cccc5c4oc4ccccc45)cc3)c3cccc4c3-c3ccccc3C4(c3ccccc3)c3ccc(S(C)(C)C)cc3)cc21. The van der Waals surface area contributed by atoms with Crippen LogP contribution in [0.4, 0.5) is 17.1 Å². The van der Waals surface area contributed by atoms with Crippen LogP contribution in [-0.2, 0) is 10.8 Å². The molecular weight excluding hydrogens is 795 g/mol. The Morgan fingerprint density at radius 2 is 1.03 bits per heavy atom. The number of rotatable bonds is 7. The highest BCUT2D eigenvalue weighted by atomic mass is 32.3. The van der Waals surface area contributed by atoms with Crippen molar-refractivity contribution >= 4 is 49.0 Å². The minimum atomic E-state index is -0.908. The average Bonchev–Trinajstić information content (AvgIpc) is 3.94. The van der Waals surface area contributed by atoms with Crippen molar-refractivity contribution in [2.75, 3.05) is 23.7 Å². The van der Waals surface area contributed by atoms with Crippen molar-refractivity contribution in [2.45, 2.75) is 29.6 Å². The molecule has 64 heavy (non-hydrogen) atoms. The molecule has 0 N–H and O–H groups in total. The summed E-state index contributed by atoms with van der Waals surface area (Å²) in [6, 6.07) is 76.8. The van der Waals surface area contributed by atoms with E-state index in [0.717, 1.165) is 50.1 Å². The summed E-state index contributed by atoms with van der Waals surface area (Å²) < 4.78 is 6.53. The fourth-order valence-corrected chi connectivity index (χ4v) is 12.1. The molecule has 1 unspecified atom stereocenters. The van der Waals surface area contributed by atoms with Crippen LogP contribution in [0.25, 0.3) is 55.3 Å². The molecule has 310 valence electrons. The third-order valence-corrected chi connectivity index (χ3v) is 15.8. The molecule has 12 rings (SSSR count). The molecule has 0 fully saturated rings. The van der Waals surface area contributed by atoms with E-state index in [2.05, 4.69) is 238 Å². The number of hydrogen-bond acceptors (Lipinski definition) is 2. The summed E-state index contributed by atoms with van der Waals surface area (Å²) in [7, 11) is -0.908. The first-order valence-corrected chi connectivity index (χ1v) is 25.1. The molecule has 1 aromatic heterocycles. The maximum absolute atomic E-state index is 6.53. The number of para-hydroxylation sites is 2. The first-order chi connectivity index (χ1) is 31.1. The molecule has 0 spiro atoms. The van der Waals surface area contributed by atoms with Crippen molar-refractivity contribution in [1.29, 1.82) is 0 Å². The fourth-order valence-electron chi connectivity index (χ4n) is 11.1. The monoisotopic (exact) mass is 843 g/mol. The molecule has 1 atom stereocenters. The minimum absolute atomic E-state index is 0.155. The first kappa shape index (κ1) is 38.6. The molecule has 0 saturated carbocycles. The number of hydrogen-bond donors (Lipinski definition) is 0. The van der Waals surface area contributed by atoms with Crippen LogP contribution in [0, 0.1) is 0 Å². The maximum Gasteiger partial charge on any atom is 0.143 e. The predicted molar refractivity (Wildman–Crippen MR) is 272 cm³/mol. The highest BCUT2D eigenvalue weighted by molar-refractivity contribution is 8.32. The van der Waals surface area contributed by atoms with Gasteiger partial charge in [0.2, 0.25) is 0 Å². The summed E-state index contributed by atoms with van der Waals surface area (Å²) in [6.45, 7) is 4.74. The van der Waals surface area contributed by atoms with Gasteiger partial charge in [0.1, 0.15) is 11.2 Å². The number of nitrogens with zero attached hydrogens (tertiary/aromatic N) is 1. The largest absolute Gasteiger partial charge is 0.455 e. The minimum Gasteiger partial charge on any atom is -0.455 e. The zero-order chi connectivity index (χ0) is 43.4. The first-order valence-electron chi connectivity index (χ1n) is 22.3. The molecule has 0 bridgehead atoms. The van der Waals surface area contributed by atoms with Crippen molar-refractivity contribution in [3.63, 3.8) is 0 Å². The van der Waals surface area contributed by atoms with Crippen molar-refractivity contribution in [1.82, 2.24) is 0 Å². The van der Waals surface area contributed by atoms with Gasteiger partial charge in [-0.1, -0.05) is 172 Å². The lowest BCUT2D eigenvalue weighted by Crippen LogP contribution is -2.28. The molecular formula is C61H49NOS. The number of fused-ring (bicyclic) bond motifs is 9. The molecule has 2 aliphatic carbocycles. The van der Waals surface area contributed by atoms with Crippen molar-refractivity contribution in [2.24, 2.45) is 0 Å². The summed E-state index contributed by atoms with van der Waals surface area (Å²) in [4.78, 5) is 3.92. The van der Waals surface area contributed by atoms with Gasteiger partial charge in [-0.15, -0.1) is 0 Å². The number of furan rings is 1. The van der Waals surface area contributed by atoms with E-state index in [9.17, 15) is 0 Å². The van der Waals surface area contributed by atoms with Gasteiger partial charge in [0.05, 0.1) is 11.1 Å². The summed E-state index contributed by atoms with van der Waals surface area (Å²) >= 11 is 0. The van der Waals surface area contributed by atoms with Gasteiger partial charge in [-0.05, 0) is 128 Å². The van der Waals surface area contributed by atoms with Gasteiger partial charge in [0, 0.05) is 38.7 Å². The molecule has 10 aromatic rings. The smallest absolute Gasteiger partial charge is 0.143 e. The number of benzene rings is 9. The molecule has 3 heteroatoms. The Morgan fingerprint density at radius 3 is 1.81 bits per heavy atom. The maximum atomic E-state index is 6.53. The van der Waals surface area contributed by atoms with E-state index in [-0.39, 0.29) is 5.41 Å². The van der Waals surface area contributed by atoms with Crippen molar-refractivity contribution < 1.29 is 4.42 Å². The van der Waals surface area contributed by atoms with E-state index in [4.69, 9.17) is 4.42 Å². The zero-order valence-corrected chi connectivity index (χ0v) is 37.7. The van der Waals surface area contributed by atoms with Crippen LogP contribution in [0.2, 0.25) is 0 Å². The molecule has 0 amide bonds. The Balaban J connectivity index is 1.10. The van der Waals surface area contributed by atoms with Crippen LogP contribution in [0.3, 0.4) is 0 Å². The Morgan fingerprint density at radius 1 is 0.438 bits per heavy atom. The van der Waals surface area contributed by atoms with E-state index in [1.165, 1.54) is 60.5 Å². The highest BCUT2D eigenvalue weighted by Gasteiger charge is 2.47. The van der Waals surface area contributed by atoms with E-state index >= 15 is 0 Å². The normalized spacial score (nSPS) is 16.0. The fraction of sp³-hybridized carbons (Fsp3) is 0.115. The van der Waals surface area contributed by atoms with Gasteiger partial charge in [0.25, 0.3) is 0 Å². The predicted octanol–water partition coefficient (Wildman–Crippen LogP) is 16.4. The standard InChI is InChI=1S/C61H49NOS/c1-60(2)52-24-12-9-19-47(52)48-38-35-44(39-55(48)60)62(43-33-29-40(30-34-43)46-22-15-23-50-49-20-11-14-28-57(49)63-59(46)50)56-27-16-26-54-58(56)51-21-10-13-25-53(51)61(54,41-17-7-6-8-18-41)42-31-36-45(37-32-42)64(3,4)5/h6-39H,1-5H3. The third-order valence-electron chi connectivity index (χ3n) is 14.2. The average molecular weight is 844 g/mol. The van der Waals surface area contributed by atoms with Crippen LogP contribution in [0.5, 0.6) is 0 Å². The van der Waals surface area contributed by atoms with Crippen LogP contribution in [-0.4, -0.2) is 18.8 Å². The second-order valence-electron chi connectivity index (χ2n) is 18.8. The molecule has 0 saturated heterocycles. The van der Waals surface area contributed by atoms with Crippen LogP contribution in [0.15, 0.2) is 216 Å². The Hall–Kier alpha value is -7.07. The molecule has 0 radical (unpaired) electrons. The van der Waals surface area contributed by atoms with Gasteiger partial charge < -0.3 is 9.32 Å².